The van der Waals surface area contributed by atoms with Crippen LogP contribution in [-0.2, 0) is 4.79 Å². The Bertz CT molecular complexity index is 970. The summed E-state index contributed by atoms with van der Waals surface area (Å²) in [4.78, 5) is 18.5. The summed E-state index contributed by atoms with van der Waals surface area (Å²) in [6, 6.07) is 15.2. The number of benzene rings is 2. The first-order chi connectivity index (χ1) is 13.1. The molecular weight excluding hydrogens is 364 g/mol. The van der Waals surface area contributed by atoms with Crippen LogP contribution in [0.4, 0.5) is 5.95 Å². The SMILES string of the molecule is COc1ccc([C@H]2C[C@@H](c3ccccc3Cl)n3ncnc3N2C(C)=O)cc1. The number of hydrogen-bond donors (Lipinski definition) is 0. The lowest BCUT2D eigenvalue weighted by atomic mass is 9.92. The van der Waals surface area contributed by atoms with Crippen LogP contribution in [0, 0.1) is 0 Å². The van der Waals surface area contributed by atoms with Gasteiger partial charge in [0.25, 0.3) is 0 Å². The van der Waals surface area contributed by atoms with Crippen LogP contribution in [0.15, 0.2) is 54.9 Å². The zero-order valence-corrected chi connectivity index (χ0v) is 15.8. The second kappa shape index (κ2) is 7.04. The molecule has 0 radical (unpaired) electrons. The Morgan fingerprint density at radius 3 is 2.56 bits per heavy atom. The average molecular weight is 383 g/mol. The van der Waals surface area contributed by atoms with Gasteiger partial charge in [-0.15, -0.1) is 0 Å². The number of ether oxygens (including phenoxy) is 1. The highest BCUT2D eigenvalue weighted by Gasteiger charge is 2.38. The largest absolute Gasteiger partial charge is 0.497 e. The normalized spacial score (nSPS) is 18.9. The standard InChI is InChI=1S/C20H19ClN4O2/c1-13(26)24-18(14-7-9-15(27-2)10-8-14)11-19(25-20(24)22-12-23-25)16-5-3-4-6-17(16)21/h3-10,12,18-19H,11H2,1-2H3/t18-,19+/m1/s1. The van der Waals surface area contributed by atoms with Crippen LogP contribution in [0.3, 0.4) is 0 Å². The lowest BCUT2D eigenvalue weighted by molar-refractivity contribution is -0.117. The van der Waals surface area contributed by atoms with E-state index in [9.17, 15) is 4.79 Å². The van der Waals surface area contributed by atoms with Crippen LogP contribution >= 0.6 is 11.6 Å². The number of methoxy groups -OCH3 is 1. The number of aromatic nitrogens is 3. The van der Waals surface area contributed by atoms with Crippen LogP contribution < -0.4 is 9.64 Å². The van der Waals surface area contributed by atoms with Crippen molar-refractivity contribution in [3.05, 3.63) is 71.0 Å². The molecule has 1 aliphatic heterocycles. The van der Waals surface area contributed by atoms with Gasteiger partial charge in [-0.1, -0.05) is 41.9 Å². The third kappa shape index (κ3) is 3.06. The molecule has 7 heteroatoms. The van der Waals surface area contributed by atoms with Crippen molar-refractivity contribution in [3.8, 4) is 5.75 Å². The molecule has 6 nitrogen and oxygen atoms in total. The third-order valence-electron chi connectivity index (χ3n) is 4.93. The Balaban J connectivity index is 1.83. The van der Waals surface area contributed by atoms with Crippen LogP contribution in [-0.4, -0.2) is 27.8 Å². The van der Waals surface area contributed by atoms with Crippen molar-refractivity contribution in [2.45, 2.75) is 25.4 Å². The molecule has 0 bridgehead atoms. The van der Waals surface area contributed by atoms with E-state index in [2.05, 4.69) is 10.1 Å². The molecular formula is C20H19ClN4O2. The molecule has 2 atom stereocenters. The van der Waals surface area contributed by atoms with E-state index in [0.717, 1.165) is 16.9 Å². The van der Waals surface area contributed by atoms with Gasteiger partial charge in [-0.2, -0.15) is 10.1 Å². The number of halogens is 1. The molecule has 0 saturated carbocycles. The van der Waals surface area contributed by atoms with Gasteiger partial charge in [-0.25, -0.2) is 4.68 Å². The Labute approximate surface area is 162 Å². The van der Waals surface area contributed by atoms with E-state index in [1.807, 2.05) is 48.5 Å². The summed E-state index contributed by atoms with van der Waals surface area (Å²) < 4.78 is 7.04. The minimum Gasteiger partial charge on any atom is -0.497 e. The number of hydrogen-bond acceptors (Lipinski definition) is 4. The van der Waals surface area contributed by atoms with Crippen LogP contribution in [0.25, 0.3) is 0 Å². The molecule has 0 unspecified atom stereocenters. The fraction of sp³-hybridized carbons (Fsp3) is 0.250. The molecule has 2 aromatic carbocycles. The van der Waals surface area contributed by atoms with Gasteiger partial charge in [0.1, 0.15) is 12.1 Å². The number of fused-ring (bicyclic) bond motifs is 1. The number of anilines is 1. The van der Waals surface area contributed by atoms with Crippen LogP contribution in [0.5, 0.6) is 5.75 Å². The van der Waals surface area contributed by atoms with E-state index in [-0.39, 0.29) is 18.0 Å². The van der Waals surface area contributed by atoms with E-state index >= 15 is 0 Å². The van der Waals surface area contributed by atoms with Gasteiger partial charge < -0.3 is 4.74 Å². The van der Waals surface area contributed by atoms with E-state index in [1.165, 1.54) is 6.33 Å². The van der Waals surface area contributed by atoms with Gasteiger partial charge in [0.05, 0.1) is 19.2 Å². The van der Waals surface area contributed by atoms with Gasteiger partial charge in [0.15, 0.2) is 0 Å². The minimum atomic E-state index is -0.175. The fourth-order valence-corrected chi connectivity index (χ4v) is 3.93. The minimum absolute atomic E-state index is 0.0809. The average Bonchev–Trinajstić information content (AvgIpc) is 3.16. The van der Waals surface area contributed by atoms with Crippen LogP contribution in [0.2, 0.25) is 5.02 Å². The van der Waals surface area contributed by atoms with E-state index in [0.29, 0.717) is 17.4 Å². The second-order valence-corrected chi connectivity index (χ2v) is 6.86. The number of carbonyl (C=O) groups excluding carboxylic acids is 1. The van der Waals surface area contributed by atoms with Crippen molar-refractivity contribution >= 4 is 23.5 Å². The van der Waals surface area contributed by atoms with Crippen molar-refractivity contribution in [3.63, 3.8) is 0 Å². The molecule has 0 aliphatic carbocycles. The summed E-state index contributed by atoms with van der Waals surface area (Å²) in [5.41, 5.74) is 1.98. The number of carbonyl (C=O) groups is 1. The fourth-order valence-electron chi connectivity index (χ4n) is 3.67. The van der Waals surface area contributed by atoms with Gasteiger partial charge in [-0.3, -0.25) is 9.69 Å². The molecule has 1 aliphatic rings. The predicted molar refractivity (Wildman–Crippen MR) is 103 cm³/mol. The summed E-state index contributed by atoms with van der Waals surface area (Å²) in [5.74, 6) is 1.22. The van der Waals surface area contributed by atoms with Crippen molar-refractivity contribution < 1.29 is 9.53 Å². The van der Waals surface area contributed by atoms with Gasteiger partial charge >= 0.3 is 0 Å². The molecule has 2 heterocycles. The lowest BCUT2D eigenvalue weighted by Gasteiger charge is -2.38. The quantitative estimate of drug-likeness (QED) is 0.686. The van der Waals surface area contributed by atoms with Crippen LogP contribution in [0.1, 0.15) is 36.6 Å². The molecule has 1 amide bonds. The predicted octanol–water partition coefficient (Wildman–Crippen LogP) is 4.03. The number of rotatable bonds is 3. The molecule has 4 rings (SSSR count). The topological polar surface area (TPSA) is 60.2 Å². The monoisotopic (exact) mass is 382 g/mol. The highest BCUT2D eigenvalue weighted by atomic mass is 35.5. The maximum atomic E-state index is 12.5. The Hall–Kier alpha value is -2.86. The zero-order valence-electron chi connectivity index (χ0n) is 15.0. The molecule has 1 aromatic heterocycles. The van der Waals surface area contributed by atoms with E-state index in [1.54, 1.807) is 23.6 Å². The summed E-state index contributed by atoms with van der Waals surface area (Å²) in [5, 5.41) is 5.05. The summed E-state index contributed by atoms with van der Waals surface area (Å²) >= 11 is 6.46. The van der Waals surface area contributed by atoms with Gasteiger partial charge in [-0.05, 0) is 35.7 Å². The van der Waals surface area contributed by atoms with Gasteiger partial charge in [0.2, 0.25) is 11.9 Å². The molecule has 0 spiro atoms. The maximum Gasteiger partial charge on any atom is 0.231 e. The Morgan fingerprint density at radius 2 is 1.89 bits per heavy atom. The summed E-state index contributed by atoms with van der Waals surface area (Å²) in [6.07, 6.45) is 2.12. The highest BCUT2D eigenvalue weighted by molar-refractivity contribution is 6.31. The molecule has 3 aromatic rings. The number of nitrogens with zero attached hydrogens (tertiary/aromatic N) is 4. The molecule has 0 fully saturated rings. The zero-order chi connectivity index (χ0) is 19.0. The summed E-state index contributed by atoms with van der Waals surface area (Å²) in [7, 11) is 1.63. The first-order valence-corrected chi connectivity index (χ1v) is 9.05. The second-order valence-electron chi connectivity index (χ2n) is 6.46. The van der Waals surface area contributed by atoms with E-state index < -0.39 is 0 Å². The lowest BCUT2D eigenvalue weighted by Crippen LogP contribution is -2.41. The first kappa shape index (κ1) is 17.5. The van der Waals surface area contributed by atoms with Crippen molar-refractivity contribution in [1.82, 2.24) is 14.8 Å². The van der Waals surface area contributed by atoms with Crippen molar-refractivity contribution in [1.29, 1.82) is 0 Å². The van der Waals surface area contributed by atoms with E-state index in [4.69, 9.17) is 16.3 Å². The van der Waals surface area contributed by atoms with Crippen molar-refractivity contribution in [2.24, 2.45) is 0 Å². The molecule has 138 valence electrons. The smallest absolute Gasteiger partial charge is 0.231 e. The molecule has 0 N–H and O–H groups in total. The Morgan fingerprint density at radius 1 is 1.15 bits per heavy atom. The highest BCUT2D eigenvalue weighted by Crippen LogP contribution is 2.43. The third-order valence-corrected chi connectivity index (χ3v) is 5.27. The molecule has 0 saturated heterocycles. The summed E-state index contributed by atoms with van der Waals surface area (Å²) in [6.45, 7) is 1.55. The Kier molecular flexibility index (Phi) is 4.58. The molecule has 27 heavy (non-hydrogen) atoms. The van der Waals surface area contributed by atoms with Crippen molar-refractivity contribution in [2.75, 3.05) is 12.0 Å². The van der Waals surface area contributed by atoms with Gasteiger partial charge in [0, 0.05) is 11.9 Å². The number of amides is 1. The maximum absolute atomic E-state index is 12.5. The first-order valence-electron chi connectivity index (χ1n) is 8.68.